The minimum Gasteiger partial charge on any atom is -0.427 e. The number of nitrogens with one attached hydrogen (secondary N) is 2. The van der Waals surface area contributed by atoms with Crippen LogP contribution in [0.3, 0.4) is 0 Å². The maximum atomic E-state index is 11.5. The van der Waals surface area contributed by atoms with Crippen LogP contribution >= 0.6 is 0 Å². The number of esters is 1. The van der Waals surface area contributed by atoms with Gasteiger partial charge >= 0.3 is 12.0 Å². The smallest absolute Gasteiger partial charge is 0.320 e. The Kier molecular flexibility index (Phi) is 3.88. The van der Waals surface area contributed by atoms with Gasteiger partial charge in [0.1, 0.15) is 11.8 Å². The lowest BCUT2D eigenvalue weighted by atomic mass is 10.0. The lowest BCUT2D eigenvalue weighted by Crippen LogP contribution is -2.44. The molecule has 2 amide bonds. The Morgan fingerprint density at radius 1 is 1.33 bits per heavy atom. The van der Waals surface area contributed by atoms with Crippen molar-refractivity contribution in [1.82, 2.24) is 10.6 Å². The molecule has 2 rings (SSSR count). The quantitative estimate of drug-likeness (QED) is 0.379. The summed E-state index contributed by atoms with van der Waals surface area (Å²) in [7, 11) is 0. The van der Waals surface area contributed by atoms with Crippen LogP contribution in [0.25, 0.3) is 0 Å². The number of nitrogens with zero attached hydrogens (tertiary/aromatic N) is 1. The molecule has 1 aliphatic heterocycles. The molecule has 0 radical (unpaired) electrons. The molecule has 0 aromatic heterocycles. The first-order valence-electron chi connectivity index (χ1n) is 6.09. The molecule has 1 heterocycles. The van der Waals surface area contributed by atoms with E-state index in [4.69, 9.17) is 4.74 Å². The highest BCUT2D eigenvalue weighted by atomic mass is 16.6. The summed E-state index contributed by atoms with van der Waals surface area (Å²) in [5, 5.41) is 16.0. The second-order valence-corrected chi connectivity index (χ2v) is 4.46. The van der Waals surface area contributed by atoms with Gasteiger partial charge < -0.3 is 15.4 Å². The summed E-state index contributed by atoms with van der Waals surface area (Å²) in [5.41, 5.74) is 0.583. The zero-order chi connectivity index (χ0) is 15.6. The van der Waals surface area contributed by atoms with E-state index in [0.29, 0.717) is 11.3 Å². The standard InChI is InChI=1S/C13H13N3O5/c1-7-12(16(19)20)11(15-13(18)14-7)9-3-5-10(6-4-9)21-8(2)17/h3-6,11H,1-2H3,(H2,14,15,18)/t11-/m0/s1. The number of allylic oxidation sites excluding steroid dienone is 1. The average molecular weight is 291 g/mol. The molecule has 21 heavy (non-hydrogen) atoms. The lowest BCUT2D eigenvalue weighted by Gasteiger charge is -2.23. The SMILES string of the molecule is CC(=O)Oc1ccc([C@@H]2NC(=O)NC(C)=C2[N+](=O)[O-])cc1. The van der Waals surface area contributed by atoms with Crippen LogP contribution in [0.4, 0.5) is 4.79 Å². The summed E-state index contributed by atoms with van der Waals surface area (Å²) in [4.78, 5) is 33.0. The van der Waals surface area contributed by atoms with Gasteiger partial charge in [-0.2, -0.15) is 0 Å². The number of nitro groups is 1. The fourth-order valence-electron chi connectivity index (χ4n) is 2.06. The molecule has 2 N–H and O–H groups in total. The Morgan fingerprint density at radius 2 is 1.95 bits per heavy atom. The molecule has 0 fully saturated rings. The van der Waals surface area contributed by atoms with Gasteiger partial charge in [0.25, 0.3) is 5.70 Å². The van der Waals surface area contributed by atoms with Crippen molar-refractivity contribution >= 4 is 12.0 Å². The monoisotopic (exact) mass is 291 g/mol. The molecule has 1 aliphatic rings. The molecule has 0 saturated heterocycles. The Hall–Kier alpha value is -2.90. The topological polar surface area (TPSA) is 111 Å². The molecule has 0 unspecified atom stereocenters. The van der Waals surface area contributed by atoms with E-state index in [1.165, 1.54) is 26.0 Å². The van der Waals surface area contributed by atoms with Crippen LogP contribution < -0.4 is 15.4 Å². The highest BCUT2D eigenvalue weighted by Gasteiger charge is 2.35. The van der Waals surface area contributed by atoms with Crippen molar-refractivity contribution in [2.75, 3.05) is 0 Å². The number of ether oxygens (including phenoxy) is 1. The van der Waals surface area contributed by atoms with Gasteiger partial charge in [0, 0.05) is 6.92 Å². The third kappa shape index (κ3) is 3.16. The maximum absolute atomic E-state index is 11.5. The maximum Gasteiger partial charge on any atom is 0.320 e. The van der Waals surface area contributed by atoms with Crippen LogP contribution in [-0.2, 0) is 4.79 Å². The van der Waals surface area contributed by atoms with Crippen LogP contribution in [-0.4, -0.2) is 16.9 Å². The Morgan fingerprint density at radius 3 is 2.48 bits per heavy atom. The number of amides is 2. The zero-order valence-electron chi connectivity index (χ0n) is 11.4. The second kappa shape index (κ2) is 5.61. The second-order valence-electron chi connectivity index (χ2n) is 4.46. The fraction of sp³-hybridized carbons (Fsp3) is 0.231. The van der Waals surface area contributed by atoms with Gasteiger partial charge in [-0.1, -0.05) is 12.1 Å². The Bertz CT molecular complexity index is 636. The van der Waals surface area contributed by atoms with Gasteiger partial charge in [0.05, 0.1) is 10.6 Å². The summed E-state index contributed by atoms with van der Waals surface area (Å²) in [6, 6.07) is 4.78. The summed E-state index contributed by atoms with van der Waals surface area (Å²) in [6.45, 7) is 2.75. The van der Waals surface area contributed by atoms with Crippen molar-refractivity contribution in [3.63, 3.8) is 0 Å². The van der Waals surface area contributed by atoms with E-state index in [1.54, 1.807) is 12.1 Å². The molecular formula is C13H13N3O5. The first kappa shape index (κ1) is 14.5. The number of carbonyl (C=O) groups excluding carboxylic acids is 2. The van der Waals surface area contributed by atoms with E-state index in [2.05, 4.69) is 10.6 Å². The summed E-state index contributed by atoms with van der Waals surface area (Å²) in [5.74, 6) is -0.130. The van der Waals surface area contributed by atoms with Gasteiger partial charge in [-0.15, -0.1) is 0 Å². The lowest BCUT2D eigenvalue weighted by molar-refractivity contribution is -0.432. The molecular weight excluding hydrogens is 278 g/mol. The molecule has 0 saturated carbocycles. The van der Waals surface area contributed by atoms with Gasteiger partial charge in [0.2, 0.25) is 0 Å². The molecule has 1 aromatic carbocycles. The highest BCUT2D eigenvalue weighted by Crippen LogP contribution is 2.28. The average Bonchev–Trinajstić information content (AvgIpc) is 2.37. The number of urea groups is 1. The van der Waals surface area contributed by atoms with Crippen molar-refractivity contribution in [3.8, 4) is 5.75 Å². The number of hydrogen-bond acceptors (Lipinski definition) is 5. The minimum atomic E-state index is -0.861. The normalized spacial score (nSPS) is 17.8. The van der Waals surface area contributed by atoms with Gasteiger partial charge in [-0.05, 0) is 24.6 Å². The third-order valence-corrected chi connectivity index (χ3v) is 2.91. The first-order valence-corrected chi connectivity index (χ1v) is 6.09. The van der Waals surface area contributed by atoms with Crippen LogP contribution in [0.5, 0.6) is 5.75 Å². The van der Waals surface area contributed by atoms with E-state index in [1.807, 2.05) is 0 Å². The minimum absolute atomic E-state index is 0.130. The summed E-state index contributed by atoms with van der Waals surface area (Å²) in [6.07, 6.45) is 0. The number of benzene rings is 1. The van der Waals surface area contributed by atoms with E-state index in [-0.39, 0.29) is 11.4 Å². The van der Waals surface area contributed by atoms with Crippen molar-refractivity contribution < 1.29 is 19.2 Å². The van der Waals surface area contributed by atoms with Crippen molar-refractivity contribution in [3.05, 3.63) is 51.3 Å². The predicted molar refractivity (Wildman–Crippen MR) is 71.9 cm³/mol. The van der Waals surface area contributed by atoms with Gasteiger partial charge in [-0.25, -0.2) is 4.79 Å². The van der Waals surface area contributed by atoms with Crippen LogP contribution in [0.1, 0.15) is 25.5 Å². The van der Waals surface area contributed by atoms with Gasteiger partial charge in [-0.3, -0.25) is 14.9 Å². The van der Waals surface area contributed by atoms with E-state index in [9.17, 15) is 19.7 Å². The molecule has 0 aliphatic carbocycles. The van der Waals surface area contributed by atoms with Crippen molar-refractivity contribution in [2.45, 2.75) is 19.9 Å². The van der Waals surface area contributed by atoms with Gasteiger partial charge in [0.15, 0.2) is 0 Å². The zero-order valence-corrected chi connectivity index (χ0v) is 11.4. The van der Waals surface area contributed by atoms with E-state index in [0.717, 1.165) is 0 Å². The summed E-state index contributed by atoms with van der Waals surface area (Å²) >= 11 is 0. The largest absolute Gasteiger partial charge is 0.427 e. The number of rotatable bonds is 3. The first-order chi connectivity index (χ1) is 9.88. The molecule has 0 spiro atoms. The molecule has 8 nitrogen and oxygen atoms in total. The Labute approximate surface area is 119 Å². The number of carbonyl (C=O) groups is 2. The third-order valence-electron chi connectivity index (χ3n) is 2.91. The summed E-state index contributed by atoms with van der Waals surface area (Å²) < 4.78 is 4.89. The molecule has 1 aromatic rings. The highest BCUT2D eigenvalue weighted by molar-refractivity contribution is 5.78. The van der Waals surface area contributed by atoms with Crippen LogP contribution in [0.15, 0.2) is 35.7 Å². The van der Waals surface area contributed by atoms with Crippen LogP contribution in [0, 0.1) is 10.1 Å². The molecule has 1 atom stereocenters. The van der Waals surface area contributed by atoms with Crippen LogP contribution in [0.2, 0.25) is 0 Å². The molecule has 0 bridgehead atoms. The molecule has 110 valence electrons. The fourth-order valence-corrected chi connectivity index (χ4v) is 2.06. The van der Waals surface area contributed by atoms with E-state index >= 15 is 0 Å². The predicted octanol–water partition coefficient (Wildman–Crippen LogP) is 1.47. The number of hydrogen-bond donors (Lipinski definition) is 2. The van der Waals surface area contributed by atoms with Crippen molar-refractivity contribution in [1.29, 1.82) is 0 Å². The van der Waals surface area contributed by atoms with Crippen molar-refractivity contribution in [2.24, 2.45) is 0 Å². The molecule has 8 heteroatoms. The Balaban J connectivity index is 2.34. The van der Waals surface area contributed by atoms with E-state index < -0.39 is 23.0 Å².